The van der Waals surface area contributed by atoms with Gasteiger partial charge in [0.05, 0.1) is 0 Å². The maximum Gasteiger partial charge on any atom is 0.321 e. The van der Waals surface area contributed by atoms with Crippen LogP contribution in [0.4, 0.5) is 0 Å². The lowest BCUT2D eigenvalue weighted by atomic mass is 9.75. The van der Waals surface area contributed by atoms with Crippen molar-refractivity contribution in [3.05, 3.63) is 71.8 Å². The number of benzene rings is 2. The molecule has 3 rings (SSSR count). The zero-order valence-corrected chi connectivity index (χ0v) is 17.0. The third-order valence-electron chi connectivity index (χ3n) is 5.92. The first kappa shape index (κ1) is 20.3. The molecular formula is C25H30O3. The molecule has 2 aromatic rings. The van der Waals surface area contributed by atoms with Gasteiger partial charge in [-0.25, -0.2) is 0 Å². The van der Waals surface area contributed by atoms with E-state index < -0.39 is 11.9 Å². The van der Waals surface area contributed by atoms with E-state index in [0.717, 1.165) is 12.8 Å². The summed E-state index contributed by atoms with van der Waals surface area (Å²) in [7, 11) is 0. The van der Waals surface area contributed by atoms with Crippen LogP contribution in [-0.4, -0.2) is 17.9 Å². The van der Waals surface area contributed by atoms with E-state index in [2.05, 4.69) is 20.8 Å². The summed E-state index contributed by atoms with van der Waals surface area (Å²) in [6.45, 7) is 6.58. The molecule has 28 heavy (non-hydrogen) atoms. The molecule has 0 spiro atoms. The fourth-order valence-corrected chi connectivity index (χ4v) is 4.28. The van der Waals surface area contributed by atoms with E-state index in [1.165, 1.54) is 6.42 Å². The molecule has 1 saturated carbocycles. The van der Waals surface area contributed by atoms with E-state index in [4.69, 9.17) is 4.74 Å². The molecule has 1 fully saturated rings. The molecule has 1 aliphatic rings. The Balaban J connectivity index is 1.87. The first-order valence-electron chi connectivity index (χ1n) is 10.3. The fraction of sp³-hybridized carbons (Fsp3) is 0.440. The van der Waals surface area contributed by atoms with Crippen molar-refractivity contribution in [2.45, 2.75) is 52.1 Å². The maximum absolute atomic E-state index is 13.3. The molecular weight excluding hydrogens is 348 g/mol. The molecule has 0 heterocycles. The van der Waals surface area contributed by atoms with Gasteiger partial charge in [-0.1, -0.05) is 87.9 Å². The van der Waals surface area contributed by atoms with Crippen LogP contribution in [0, 0.1) is 17.8 Å². The van der Waals surface area contributed by atoms with Crippen LogP contribution in [0.15, 0.2) is 60.7 Å². The number of rotatable bonds is 6. The predicted molar refractivity (Wildman–Crippen MR) is 111 cm³/mol. The molecule has 4 atom stereocenters. The van der Waals surface area contributed by atoms with Gasteiger partial charge in [-0.3, -0.25) is 9.59 Å². The largest absolute Gasteiger partial charge is 0.461 e. The molecule has 3 heteroatoms. The lowest BCUT2D eigenvalue weighted by Gasteiger charge is -2.37. The molecule has 0 aromatic heterocycles. The van der Waals surface area contributed by atoms with Gasteiger partial charge in [0, 0.05) is 5.56 Å². The SMILES string of the molecule is CC(C)[C@H]1CC[C@H](C)C[C@H]1OC(=O)[C@H](C(=O)c1ccccc1)c1ccccc1. The number of carbonyl (C=O) groups is 2. The summed E-state index contributed by atoms with van der Waals surface area (Å²) in [4.78, 5) is 26.5. The van der Waals surface area contributed by atoms with Gasteiger partial charge in [0.25, 0.3) is 0 Å². The monoisotopic (exact) mass is 378 g/mol. The Kier molecular flexibility index (Phi) is 6.66. The van der Waals surface area contributed by atoms with Gasteiger partial charge in [0.1, 0.15) is 12.0 Å². The second-order valence-electron chi connectivity index (χ2n) is 8.38. The molecule has 0 bridgehead atoms. The van der Waals surface area contributed by atoms with Crippen LogP contribution in [0.5, 0.6) is 0 Å². The van der Waals surface area contributed by atoms with E-state index in [1.807, 2.05) is 48.5 Å². The zero-order chi connectivity index (χ0) is 20.1. The molecule has 0 radical (unpaired) electrons. The van der Waals surface area contributed by atoms with Crippen LogP contribution in [0.1, 0.15) is 61.9 Å². The summed E-state index contributed by atoms with van der Waals surface area (Å²) < 4.78 is 6.04. The Hall–Kier alpha value is -2.42. The van der Waals surface area contributed by atoms with Crippen molar-refractivity contribution in [3.8, 4) is 0 Å². The van der Waals surface area contributed by atoms with Gasteiger partial charge in [-0.2, -0.15) is 0 Å². The second kappa shape index (κ2) is 9.18. The standard InChI is InChI=1S/C25H30O3/c1-17(2)21-15-14-18(3)16-22(21)28-25(27)23(19-10-6-4-7-11-19)24(26)20-12-8-5-9-13-20/h4-13,17-18,21-23H,14-16H2,1-3H3/t18-,21+,22+,23-/m0/s1. The van der Waals surface area contributed by atoms with Crippen molar-refractivity contribution in [1.82, 2.24) is 0 Å². The van der Waals surface area contributed by atoms with Gasteiger partial charge in [-0.05, 0) is 36.2 Å². The highest BCUT2D eigenvalue weighted by Gasteiger charge is 2.37. The third-order valence-corrected chi connectivity index (χ3v) is 5.92. The van der Waals surface area contributed by atoms with Gasteiger partial charge < -0.3 is 4.74 Å². The van der Waals surface area contributed by atoms with Crippen molar-refractivity contribution in [3.63, 3.8) is 0 Å². The van der Waals surface area contributed by atoms with Crippen molar-refractivity contribution in [2.24, 2.45) is 17.8 Å². The highest BCUT2D eigenvalue weighted by Crippen LogP contribution is 2.36. The molecule has 3 nitrogen and oxygen atoms in total. The minimum atomic E-state index is -0.923. The van der Waals surface area contributed by atoms with Crippen molar-refractivity contribution in [2.75, 3.05) is 0 Å². The Morgan fingerprint density at radius 2 is 1.54 bits per heavy atom. The summed E-state index contributed by atoms with van der Waals surface area (Å²) in [5.74, 6) is -0.221. The van der Waals surface area contributed by atoms with Gasteiger partial charge >= 0.3 is 5.97 Å². The molecule has 1 aliphatic carbocycles. The first-order valence-corrected chi connectivity index (χ1v) is 10.3. The smallest absolute Gasteiger partial charge is 0.321 e. The van der Waals surface area contributed by atoms with Crippen LogP contribution in [0.25, 0.3) is 0 Å². The van der Waals surface area contributed by atoms with Crippen LogP contribution in [0.2, 0.25) is 0 Å². The molecule has 0 amide bonds. The predicted octanol–water partition coefficient (Wildman–Crippen LogP) is 5.66. The topological polar surface area (TPSA) is 43.4 Å². The maximum atomic E-state index is 13.3. The van der Waals surface area contributed by atoms with Gasteiger partial charge in [0.15, 0.2) is 5.78 Å². The van der Waals surface area contributed by atoms with E-state index >= 15 is 0 Å². The van der Waals surface area contributed by atoms with E-state index in [1.54, 1.807) is 12.1 Å². The number of ketones is 1. The quantitative estimate of drug-likeness (QED) is 0.370. The van der Waals surface area contributed by atoms with Crippen molar-refractivity contribution >= 4 is 11.8 Å². The van der Waals surface area contributed by atoms with E-state index in [9.17, 15) is 9.59 Å². The van der Waals surface area contributed by atoms with E-state index in [-0.39, 0.29) is 11.9 Å². The van der Waals surface area contributed by atoms with Crippen molar-refractivity contribution < 1.29 is 14.3 Å². The average Bonchev–Trinajstić information content (AvgIpc) is 2.69. The molecule has 0 N–H and O–H groups in total. The normalized spacial score (nSPS) is 23.2. The van der Waals surface area contributed by atoms with Crippen molar-refractivity contribution in [1.29, 1.82) is 0 Å². The molecule has 148 valence electrons. The average molecular weight is 379 g/mol. The summed E-state index contributed by atoms with van der Waals surface area (Å²) in [5, 5.41) is 0. The lowest BCUT2D eigenvalue weighted by molar-refractivity contribution is -0.156. The Bertz CT molecular complexity index is 782. The summed E-state index contributed by atoms with van der Waals surface area (Å²) in [6.07, 6.45) is 2.99. The molecule has 2 aromatic carbocycles. The number of esters is 1. The third kappa shape index (κ3) is 4.70. The number of carbonyl (C=O) groups excluding carboxylic acids is 2. The number of ether oxygens (including phenoxy) is 1. The highest BCUT2D eigenvalue weighted by atomic mass is 16.5. The molecule has 0 unspecified atom stereocenters. The minimum absolute atomic E-state index is 0.119. The van der Waals surface area contributed by atoms with Gasteiger partial charge in [-0.15, -0.1) is 0 Å². The van der Waals surface area contributed by atoms with Crippen LogP contribution in [0.3, 0.4) is 0 Å². The minimum Gasteiger partial charge on any atom is -0.461 e. The highest BCUT2D eigenvalue weighted by molar-refractivity contribution is 6.13. The Morgan fingerprint density at radius 1 is 0.929 bits per heavy atom. The summed E-state index contributed by atoms with van der Waals surface area (Å²) in [5.41, 5.74) is 1.22. The second-order valence-corrected chi connectivity index (χ2v) is 8.38. The van der Waals surface area contributed by atoms with Crippen LogP contribution in [-0.2, 0) is 9.53 Å². The van der Waals surface area contributed by atoms with Crippen LogP contribution < -0.4 is 0 Å². The zero-order valence-electron chi connectivity index (χ0n) is 17.0. The summed E-state index contributed by atoms with van der Waals surface area (Å²) in [6, 6.07) is 18.3. The van der Waals surface area contributed by atoms with Crippen LogP contribution >= 0.6 is 0 Å². The number of hydrogen-bond acceptors (Lipinski definition) is 3. The van der Waals surface area contributed by atoms with Gasteiger partial charge in [0.2, 0.25) is 0 Å². The Morgan fingerprint density at radius 3 is 2.14 bits per heavy atom. The lowest BCUT2D eigenvalue weighted by Crippen LogP contribution is -2.38. The van der Waals surface area contributed by atoms with E-state index in [0.29, 0.717) is 28.9 Å². The number of Topliss-reactive ketones (excluding diaryl/α,β-unsaturated/α-hetero) is 1. The summed E-state index contributed by atoms with van der Waals surface area (Å²) >= 11 is 0. The number of hydrogen-bond donors (Lipinski definition) is 0. The molecule has 0 saturated heterocycles. The fourth-order valence-electron chi connectivity index (χ4n) is 4.28. The molecule has 0 aliphatic heterocycles. The Labute approximate surface area is 168 Å². The first-order chi connectivity index (χ1) is 13.5.